The Balaban J connectivity index is 2.09. The lowest BCUT2D eigenvalue weighted by atomic mass is 9.86. The molecule has 23 heavy (non-hydrogen) atoms. The zero-order chi connectivity index (χ0) is 17.4. The van der Waals surface area contributed by atoms with Crippen LogP contribution in [0.1, 0.15) is 33.6 Å². The van der Waals surface area contributed by atoms with Crippen molar-refractivity contribution in [2.24, 2.45) is 5.92 Å². The number of nitrogens with one attached hydrogen (secondary N) is 1. The van der Waals surface area contributed by atoms with Gasteiger partial charge in [0.1, 0.15) is 6.04 Å². The first-order valence-corrected chi connectivity index (χ1v) is 8.16. The Bertz CT molecular complexity index is 498. The van der Waals surface area contributed by atoms with Gasteiger partial charge < -0.3 is 20.0 Å². The minimum atomic E-state index is -0.445. The largest absolute Gasteiger partial charge is 0.347 e. The second-order valence-electron chi connectivity index (χ2n) is 7.79. The van der Waals surface area contributed by atoms with Crippen LogP contribution in [-0.2, 0) is 9.59 Å². The molecule has 0 spiro atoms. The van der Waals surface area contributed by atoms with Gasteiger partial charge in [0, 0.05) is 32.7 Å². The Morgan fingerprint density at radius 1 is 1.30 bits per heavy atom. The molecule has 130 valence electrons. The highest BCUT2D eigenvalue weighted by Crippen LogP contribution is 2.30. The standard InChI is InChI=1S/C16H28N4O3/c1-16(2,3)17-15(23)20-7-6-11-8-12(20)14(22)19(9-11)10-13(21)18(4)5/h11-12H,6-10H2,1-5H3,(H,17,23)/t11-,12+/m0/s1. The maximum absolute atomic E-state index is 12.7. The van der Waals surface area contributed by atoms with Crippen molar-refractivity contribution in [2.45, 2.75) is 45.2 Å². The molecule has 0 unspecified atom stereocenters. The lowest BCUT2D eigenvalue weighted by molar-refractivity contribution is -0.148. The smallest absolute Gasteiger partial charge is 0.318 e. The SMILES string of the molecule is CN(C)C(=O)CN1C[C@H]2CCN(C(=O)NC(C)(C)C)[C@H](C2)C1=O. The minimum absolute atomic E-state index is 0.0908. The van der Waals surface area contributed by atoms with Gasteiger partial charge in [-0.15, -0.1) is 0 Å². The van der Waals surface area contributed by atoms with Gasteiger partial charge in [-0.3, -0.25) is 9.59 Å². The second-order valence-corrected chi connectivity index (χ2v) is 7.79. The number of urea groups is 1. The quantitative estimate of drug-likeness (QED) is 0.804. The van der Waals surface area contributed by atoms with Crippen LogP contribution in [0.25, 0.3) is 0 Å². The van der Waals surface area contributed by atoms with Gasteiger partial charge in [-0.25, -0.2) is 4.79 Å². The molecule has 2 fully saturated rings. The lowest BCUT2D eigenvalue weighted by Gasteiger charge is -2.46. The molecule has 2 aliphatic rings. The summed E-state index contributed by atoms with van der Waals surface area (Å²) in [6, 6.07) is -0.644. The third-order valence-electron chi connectivity index (χ3n) is 4.35. The van der Waals surface area contributed by atoms with Gasteiger partial charge >= 0.3 is 6.03 Å². The van der Waals surface area contributed by atoms with E-state index >= 15 is 0 Å². The van der Waals surface area contributed by atoms with Crippen LogP contribution in [0.5, 0.6) is 0 Å². The molecule has 0 radical (unpaired) electrons. The number of carbonyl (C=O) groups excluding carboxylic acids is 3. The Morgan fingerprint density at radius 3 is 2.52 bits per heavy atom. The summed E-state index contributed by atoms with van der Waals surface area (Å²) in [4.78, 5) is 41.8. The summed E-state index contributed by atoms with van der Waals surface area (Å²) in [6.07, 6.45) is 1.57. The number of carbonyl (C=O) groups is 3. The summed E-state index contributed by atoms with van der Waals surface area (Å²) >= 11 is 0. The van der Waals surface area contributed by atoms with Crippen molar-refractivity contribution in [1.82, 2.24) is 20.0 Å². The number of piperidine rings is 2. The van der Waals surface area contributed by atoms with Gasteiger partial charge in [0.2, 0.25) is 11.8 Å². The first-order valence-electron chi connectivity index (χ1n) is 8.16. The number of rotatable bonds is 2. The van der Waals surface area contributed by atoms with Crippen molar-refractivity contribution in [1.29, 1.82) is 0 Å². The average Bonchev–Trinajstić information content (AvgIpc) is 2.42. The third-order valence-corrected chi connectivity index (χ3v) is 4.35. The normalized spacial score (nSPS) is 24.5. The van der Waals surface area contributed by atoms with Crippen LogP contribution in [0.3, 0.4) is 0 Å². The highest BCUT2D eigenvalue weighted by Gasteiger charge is 2.43. The fraction of sp³-hybridized carbons (Fsp3) is 0.812. The van der Waals surface area contributed by atoms with Gasteiger partial charge in [0.15, 0.2) is 0 Å². The molecule has 2 heterocycles. The number of hydrogen-bond acceptors (Lipinski definition) is 3. The zero-order valence-corrected chi connectivity index (χ0v) is 14.8. The third kappa shape index (κ3) is 4.14. The first-order chi connectivity index (χ1) is 10.6. The Labute approximate surface area is 138 Å². The predicted octanol–water partition coefficient (Wildman–Crippen LogP) is 0.506. The zero-order valence-electron chi connectivity index (χ0n) is 14.8. The Kier molecular flexibility index (Phi) is 4.87. The molecule has 0 aromatic heterocycles. The van der Waals surface area contributed by atoms with Crippen molar-refractivity contribution >= 4 is 17.8 Å². The van der Waals surface area contributed by atoms with E-state index in [1.165, 1.54) is 4.90 Å². The van der Waals surface area contributed by atoms with E-state index in [0.29, 0.717) is 25.4 Å². The van der Waals surface area contributed by atoms with Crippen molar-refractivity contribution < 1.29 is 14.4 Å². The number of hydrogen-bond donors (Lipinski definition) is 1. The molecule has 2 atom stereocenters. The summed E-state index contributed by atoms with van der Waals surface area (Å²) < 4.78 is 0. The van der Waals surface area contributed by atoms with E-state index in [1.807, 2.05) is 20.8 Å². The monoisotopic (exact) mass is 324 g/mol. The van der Waals surface area contributed by atoms with E-state index in [1.54, 1.807) is 23.9 Å². The molecule has 0 aromatic rings. The molecule has 2 rings (SSSR count). The van der Waals surface area contributed by atoms with E-state index in [-0.39, 0.29) is 29.9 Å². The molecule has 2 bridgehead atoms. The van der Waals surface area contributed by atoms with Crippen LogP contribution < -0.4 is 5.32 Å². The molecule has 0 aliphatic carbocycles. The number of amides is 4. The van der Waals surface area contributed by atoms with Crippen LogP contribution in [-0.4, -0.2) is 77.9 Å². The second kappa shape index (κ2) is 6.37. The van der Waals surface area contributed by atoms with Gasteiger partial charge in [-0.1, -0.05) is 0 Å². The van der Waals surface area contributed by atoms with E-state index in [4.69, 9.17) is 0 Å². The fourth-order valence-electron chi connectivity index (χ4n) is 3.13. The first kappa shape index (κ1) is 17.6. The maximum Gasteiger partial charge on any atom is 0.318 e. The summed E-state index contributed by atoms with van der Waals surface area (Å²) in [7, 11) is 3.36. The van der Waals surface area contributed by atoms with Crippen molar-refractivity contribution in [3.8, 4) is 0 Å². The van der Waals surface area contributed by atoms with Crippen LogP contribution in [0.4, 0.5) is 4.79 Å². The molecule has 2 aliphatic heterocycles. The lowest BCUT2D eigenvalue weighted by Crippen LogP contribution is -2.63. The Hall–Kier alpha value is -1.79. The fourth-order valence-corrected chi connectivity index (χ4v) is 3.13. The molecule has 4 amide bonds. The number of likely N-dealkylation sites (N-methyl/N-ethyl adjacent to an activating group) is 1. The summed E-state index contributed by atoms with van der Waals surface area (Å²) in [5, 5.41) is 2.93. The molecule has 2 saturated heterocycles. The molecule has 7 heteroatoms. The van der Waals surface area contributed by atoms with Gasteiger partial charge in [-0.05, 0) is 39.5 Å². The number of nitrogens with zero attached hydrogens (tertiary/aromatic N) is 3. The summed E-state index contributed by atoms with van der Waals surface area (Å²) in [6.45, 7) is 7.06. The van der Waals surface area contributed by atoms with Crippen molar-refractivity contribution in [3.63, 3.8) is 0 Å². The number of fused-ring (bicyclic) bond motifs is 2. The van der Waals surface area contributed by atoms with E-state index in [2.05, 4.69) is 5.32 Å². The molecular weight excluding hydrogens is 296 g/mol. The number of likely N-dealkylation sites (tertiary alicyclic amines) is 2. The van der Waals surface area contributed by atoms with Crippen LogP contribution in [0.15, 0.2) is 0 Å². The van der Waals surface area contributed by atoms with Gasteiger partial charge in [0.25, 0.3) is 0 Å². The maximum atomic E-state index is 12.7. The molecule has 0 aromatic carbocycles. The molecule has 1 N–H and O–H groups in total. The average molecular weight is 324 g/mol. The van der Waals surface area contributed by atoms with Crippen molar-refractivity contribution in [2.75, 3.05) is 33.7 Å². The molecule has 7 nitrogen and oxygen atoms in total. The van der Waals surface area contributed by atoms with Crippen LogP contribution in [0.2, 0.25) is 0 Å². The van der Waals surface area contributed by atoms with Crippen LogP contribution >= 0.6 is 0 Å². The van der Waals surface area contributed by atoms with Crippen LogP contribution in [0, 0.1) is 5.92 Å². The van der Waals surface area contributed by atoms with Gasteiger partial charge in [0.05, 0.1) is 6.54 Å². The van der Waals surface area contributed by atoms with Crippen molar-refractivity contribution in [3.05, 3.63) is 0 Å². The Morgan fingerprint density at radius 2 is 1.96 bits per heavy atom. The molecular formula is C16H28N4O3. The van der Waals surface area contributed by atoms with E-state index in [0.717, 1.165) is 6.42 Å². The predicted molar refractivity (Wildman–Crippen MR) is 86.8 cm³/mol. The minimum Gasteiger partial charge on any atom is -0.347 e. The molecule has 0 saturated carbocycles. The summed E-state index contributed by atoms with van der Waals surface area (Å²) in [5.41, 5.74) is -0.341. The highest BCUT2D eigenvalue weighted by atomic mass is 16.2. The van der Waals surface area contributed by atoms with Gasteiger partial charge in [-0.2, -0.15) is 0 Å². The topological polar surface area (TPSA) is 73.0 Å². The van der Waals surface area contributed by atoms with E-state index < -0.39 is 6.04 Å². The summed E-state index contributed by atoms with van der Waals surface area (Å²) in [5.74, 6) is 0.163. The highest BCUT2D eigenvalue weighted by molar-refractivity contribution is 5.91. The van der Waals surface area contributed by atoms with E-state index in [9.17, 15) is 14.4 Å².